The predicted octanol–water partition coefficient (Wildman–Crippen LogP) is 2.52. The molecule has 21 heavy (non-hydrogen) atoms. The predicted molar refractivity (Wildman–Crippen MR) is 77.0 cm³/mol. The first kappa shape index (κ1) is 13.9. The molecule has 2 aromatic rings. The molecule has 0 saturated heterocycles. The second-order valence-corrected chi connectivity index (χ2v) is 5.83. The van der Waals surface area contributed by atoms with E-state index in [1.54, 1.807) is 17.2 Å². The van der Waals surface area contributed by atoms with Crippen molar-refractivity contribution in [2.75, 3.05) is 6.54 Å². The molecule has 0 aliphatic carbocycles. The normalized spacial score (nSPS) is 18.1. The summed E-state index contributed by atoms with van der Waals surface area (Å²) in [6, 6.07) is 1.71. The van der Waals surface area contributed by atoms with Gasteiger partial charge in [0.25, 0.3) is 5.91 Å². The average molecular weight is 288 g/mol. The molecule has 0 N–H and O–H groups in total. The molecule has 1 aliphatic rings. The quantitative estimate of drug-likeness (QED) is 0.851. The molecule has 0 aromatic carbocycles. The highest BCUT2D eigenvalue weighted by Crippen LogP contribution is 2.28. The molecule has 0 bridgehead atoms. The summed E-state index contributed by atoms with van der Waals surface area (Å²) in [5.74, 6) is 2.50. The Balaban J connectivity index is 1.91. The van der Waals surface area contributed by atoms with Gasteiger partial charge < -0.3 is 13.9 Å². The second-order valence-electron chi connectivity index (χ2n) is 5.83. The Bertz CT molecular complexity index is 671. The Morgan fingerprint density at radius 2 is 2.14 bits per heavy atom. The van der Waals surface area contributed by atoms with Crippen molar-refractivity contribution in [2.24, 2.45) is 0 Å². The Morgan fingerprint density at radius 1 is 1.38 bits per heavy atom. The van der Waals surface area contributed by atoms with Crippen LogP contribution in [0, 0.1) is 6.92 Å². The van der Waals surface area contributed by atoms with Crippen molar-refractivity contribution in [1.82, 2.24) is 19.7 Å². The number of aromatic nitrogens is 3. The SMILES string of the molecule is Cc1ccoc1C(=O)N1CCn2c(C(C)C)nnc2C1C. The van der Waals surface area contributed by atoms with Crippen LogP contribution in [0.5, 0.6) is 0 Å². The molecule has 2 aromatic heterocycles. The van der Waals surface area contributed by atoms with Crippen molar-refractivity contribution < 1.29 is 9.21 Å². The number of aryl methyl sites for hydroxylation is 1. The van der Waals surface area contributed by atoms with Gasteiger partial charge in [0.15, 0.2) is 11.6 Å². The molecule has 112 valence electrons. The molecule has 0 fully saturated rings. The number of nitrogens with zero attached hydrogens (tertiary/aromatic N) is 4. The lowest BCUT2D eigenvalue weighted by atomic mass is 10.1. The van der Waals surface area contributed by atoms with Crippen LogP contribution in [0.25, 0.3) is 0 Å². The first-order valence-electron chi connectivity index (χ1n) is 7.28. The number of amides is 1. The summed E-state index contributed by atoms with van der Waals surface area (Å²) >= 11 is 0. The van der Waals surface area contributed by atoms with Crippen LogP contribution in [0.2, 0.25) is 0 Å². The topological polar surface area (TPSA) is 64.2 Å². The molecule has 1 atom stereocenters. The molecule has 6 heteroatoms. The van der Waals surface area contributed by atoms with Gasteiger partial charge >= 0.3 is 0 Å². The standard InChI is InChI=1S/C15H20N4O2/c1-9(2)13-16-17-14-11(4)18(6-7-19(13)14)15(20)12-10(3)5-8-21-12/h5,8-9,11H,6-7H2,1-4H3. The maximum Gasteiger partial charge on any atom is 0.290 e. The first-order valence-corrected chi connectivity index (χ1v) is 7.28. The molecule has 6 nitrogen and oxygen atoms in total. The van der Waals surface area contributed by atoms with Gasteiger partial charge in [0.1, 0.15) is 5.82 Å². The van der Waals surface area contributed by atoms with Gasteiger partial charge in [0, 0.05) is 24.6 Å². The molecular weight excluding hydrogens is 268 g/mol. The highest BCUT2D eigenvalue weighted by atomic mass is 16.3. The van der Waals surface area contributed by atoms with Gasteiger partial charge in [-0.15, -0.1) is 10.2 Å². The van der Waals surface area contributed by atoms with Crippen LogP contribution >= 0.6 is 0 Å². The van der Waals surface area contributed by atoms with E-state index in [1.807, 2.05) is 13.8 Å². The lowest BCUT2D eigenvalue weighted by molar-refractivity contribution is 0.0602. The number of hydrogen-bond donors (Lipinski definition) is 0. The Morgan fingerprint density at radius 3 is 2.76 bits per heavy atom. The minimum Gasteiger partial charge on any atom is -0.459 e. The van der Waals surface area contributed by atoms with E-state index in [0.717, 1.165) is 23.8 Å². The van der Waals surface area contributed by atoms with Gasteiger partial charge in [0.2, 0.25) is 0 Å². The van der Waals surface area contributed by atoms with Crippen LogP contribution < -0.4 is 0 Å². The number of rotatable bonds is 2. The van der Waals surface area contributed by atoms with E-state index in [9.17, 15) is 4.79 Å². The van der Waals surface area contributed by atoms with Gasteiger partial charge in [-0.1, -0.05) is 13.8 Å². The number of fused-ring (bicyclic) bond motifs is 1. The maximum absolute atomic E-state index is 12.6. The molecular formula is C15H20N4O2. The molecule has 0 radical (unpaired) electrons. The van der Waals surface area contributed by atoms with E-state index in [4.69, 9.17) is 4.42 Å². The lowest BCUT2D eigenvalue weighted by Gasteiger charge is -2.33. The lowest BCUT2D eigenvalue weighted by Crippen LogP contribution is -2.41. The zero-order valence-corrected chi connectivity index (χ0v) is 12.8. The van der Waals surface area contributed by atoms with Gasteiger partial charge in [-0.05, 0) is 19.9 Å². The minimum atomic E-state index is -0.101. The fraction of sp³-hybridized carbons (Fsp3) is 0.533. The number of hydrogen-bond acceptors (Lipinski definition) is 4. The zero-order chi connectivity index (χ0) is 15.1. The van der Waals surface area contributed by atoms with Crippen LogP contribution in [-0.4, -0.2) is 32.1 Å². The van der Waals surface area contributed by atoms with Crippen molar-refractivity contribution in [3.8, 4) is 0 Å². The third-order valence-corrected chi connectivity index (χ3v) is 4.05. The van der Waals surface area contributed by atoms with Crippen molar-refractivity contribution in [3.63, 3.8) is 0 Å². The van der Waals surface area contributed by atoms with Crippen molar-refractivity contribution in [2.45, 2.75) is 46.2 Å². The van der Waals surface area contributed by atoms with Gasteiger partial charge in [-0.3, -0.25) is 4.79 Å². The van der Waals surface area contributed by atoms with Gasteiger partial charge in [-0.25, -0.2) is 0 Å². The molecule has 1 aliphatic heterocycles. The van der Waals surface area contributed by atoms with Crippen molar-refractivity contribution >= 4 is 5.91 Å². The molecule has 0 saturated carbocycles. The van der Waals surface area contributed by atoms with E-state index < -0.39 is 0 Å². The van der Waals surface area contributed by atoms with E-state index >= 15 is 0 Å². The molecule has 3 heterocycles. The van der Waals surface area contributed by atoms with E-state index in [1.165, 1.54) is 0 Å². The smallest absolute Gasteiger partial charge is 0.290 e. The first-order chi connectivity index (χ1) is 10.0. The number of carbonyl (C=O) groups is 1. The summed E-state index contributed by atoms with van der Waals surface area (Å²) < 4.78 is 7.46. The zero-order valence-electron chi connectivity index (χ0n) is 12.8. The summed E-state index contributed by atoms with van der Waals surface area (Å²) in [4.78, 5) is 14.4. The number of carbonyl (C=O) groups excluding carboxylic acids is 1. The monoisotopic (exact) mass is 288 g/mol. The summed E-state index contributed by atoms with van der Waals surface area (Å²) in [5.41, 5.74) is 0.863. The highest BCUT2D eigenvalue weighted by Gasteiger charge is 2.33. The summed E-state index contributed by atoms with van der Waals surface area (Å²) in [6.07, 6.45) is 1.55. The van der Waals surface area contributed by atoms with Crippen LogP contribution in [-0.2, 0) is 6.54 Å². The van der Waals surface area contributed by atoms with E-state index in [0.29, 0.717) is 18.2 Å². The van der Waals surface area contributed by atoms with Crippen molar-refractivity contribution in [3.05, 3.63) is 35.3 Å². The Kier molecular flexibility index (Phi) is 3.31. The number of furan rings is 1. The fourth-order valence-corrected chi connectivity index (χ4v) is 2.83. The Labute approximate surface area is 123 Å². The summed E-state index contributed by atoms with van der Waals surface area (Å²) in [5, 5.41) is 8.56. The van der Waals surface area contributed by atoms with Crippen molar-refractivity contribution in [1.29, 1.82) is 0 Å². The molecule has 1 amide bonds. The summed E-state index contributed by atoms with van der Waals surface area (Å²) in [6.45, 7) is 9.44. The van der Waals surface area contributed by atoms with Gasteiger partial charge in [-0.2, -0.15) is 0 Å². The van der Waals surface area contributed by atoms with E-state index in [-0.39, 0.29) is 11.9 Å². The highest BCUT2D eigenvalue weighted by molar-refractivity contribution is 5.93. The molecule has 1 unspecified atom stereocenters. The van der Waals surface area contributed by atoms with Crippen LogP contribution in [0.15, 0.2) is 16.7 Å². The fourth-order valence-electron chi connectivity index (χ4n) is 2.83. The second kappa shape index (κ2) is 5.02. The maximum atomic E-state index is 12.6. The Hall–Kier alpha value is -2.11. The van der Waals surface area contributed by atoms with Crippen LogP contribution in [0.3, 0.4) is 0 Å². The third-order valence-electron chi connectivity index (χ3n) is 4.05. The minimum absolute atomic E-state index is 0.0784. The van der Waals surface area contributed by atoms with Crippen LogP contribution in [0.1, 0.15) is 60.5 Å². The van der Waals surface area contributed by atoms with E-state index in [2.05, 4.69) is 28.6 Å². The van der Waals surface area contributed by atoms with Crippen LogP contribution in [0.4, 0.5) is 0 Å². The molecule has 3 rings (SSSR count). The average Bonchev–Trinajstić information content (AvgIpc) is 3.04. The summed E-state index contributed by atoms with van der Waals surface area (Å²) in [7, 11) is 0. The largest absolute Gasteiger partial charge is 0.459 e. The third kappa shape index (κ3) is 2.14. The molecule has 0 spiro atoms. The van der Waals surface area contributed by atoms with Gasteiger partial charge in [0.05, 0.1) is 12.3 Å².